The number of anilines is 1. The second-order valence-corrected chi connectivity index (χ2v) is 5.35. The Balaban J connectivity index is 2.09. The van der Waals surface area contributed by atoms with Gasteiger partial charge in [-0.1, -0.05) is 12.1 Å². The van der Waals surface area contributed by atoms with Crippen molar-refractivity contribution in [2.45, 2.75) is 25.1 Å². The van der Waals surface area contributed by atoms with Crippen molar-refractivity contribution in [3.05, 3.63) is 35.6 Å². The maximum Gasteiger partial charge on any atom is 0.416 e. The lowest BCUT2D eigenvalue weighted by Gasteiger charge is -2.09. The number of benzene rings is 1. The van der Waals surface area contributed by atoms with Crippen LogP contribution in [0.5, 0.6) is 5.75 Å². The van der Waals surface area contributed by atoms with Gasteiger partial charge >= 0.3 is 6.18 Å². The second kappa shape index (κ2) is 5.81. The lowest BCUT2D eigenvalue weighted by Crippen LogP contribution is -2.04. The third-order valence-electron chi connectivity index (χ3n) is 3.84. The van der Waals surface area contributed by atoms with E-state index in [0.717, 1.165) is 18.6 Å². The van der Waals surface area contributed by atoms with E-state index in [0.29, 0.717) is 13.0 Å². The summed E-state index contributed by atoms with van der Waals surface area (Å²) >= 11 is 0. The van der Waals surface area contributed by atoms with E-state index in [1.165, 1.54) is 12.1 Å². The number of furan rings is 1. The number of hydrogen-bond donors (Lipinski definition) is 2. The Morgan fingerprint density at radius 1 is 1.30 bits per heavy atom. The first-order valence-electron chi connectivity index (χ1n) is 7.24. The molecule has 3 rings (SSSR count). The summed E-state index contributed by atoms with van der Waals surface area (Å²) in [5.74, 6) is 0.284. The molecular formula is C16H16F3NO3. The van der Waals surface area contributed by atoms with Gasteiger partial charge in [0.15, 0.2) is 11.5 Å². The van der Waals surface area contributed by atoms with Crippen LogP contribution in [0.15, 0.2) is 28.7 Å². The second-order valence-electron chi connectivity index (χ2n) is 5.35. The number of ether oxygens (including phenoxy) is 1. The minimum absolute atomic E-state index is 0.180. The van der Waals surface area contributed by atoms with Crippen LogP contribution in [-0.4, -0.2) is 18.8 Å². The molecule has 0 bridgehead atoms. The first-order chi connectivity index (χ1) is 10.9. The van der Waals surface area contributed by atoms with Crippen molar-refractivity contribution in [1.82, 2.24) is 0 Å². The Morgan fingerprint density at radius 2 is 2.09 bits per heavy atom. The minimum atomic E-state index is -4.45. The molecule has 23 heavy (non-hydrogen) atoms. The molecule has 0 saturated carbocycles. The molecule has 2 heterocycles. The van der Waals surface area contributed by atoms with Crippen LogP contribution in [0.25, 0.3) is 11.1 Å². The van der Waals surface area contributed by atoms with Gasteiger partial charge in [-0.05, 0) is 30.5 Å². The summed E-state index contributed by atoms with van der Waals surface area (Å²) in [5.41, 5.74) is -0.338. The summed E-state index contributed by atoms with van der Waals surface area (Å²) in [5, 5.41) is 13.2. The molecule has 1 aliphatic rings. The summed E-state index contributed by atoms with van der Waals surface area (Å²) in [4.78, 5) is 0. The van der Waals surface area contributed by atoms with Gasteiger partial charge in [0.25, 0.3) is 0 Å². The van der Waals surface area contributed by atoms with Crippen LogP contribution in [0.3, 0.4) is 0 Å². The predicted molar refractivity (Wildman–Crippen MR) is 78.3 cm³/mol. The summed E-state index contributed by atoms with van der Waals surface area (Å²) in [6, 6.07) is 4.78. The maximum absolute atomic E-state index is 12.9. The van der Waals surface area contributed by atoms with Gasteiger partial charge in [0.1, 0.15) is 6.10 Å². The van der Waals surface area contributed by atoms with Crippen LogP contribution in [0.1, 0.15) is 30.3 Å². The number of halogens is 3. The molecule has 0 spiro atoms. The Labute approximate surface area is 130 Å². The van der Waals surface area contributed by atoms with E-state index >= 15 is 0 Å². The quantitative estimate of drug-likeness (QED) is 0.867. The average Bonchev–Trinajstić information content (AvgIpc) is 3.13. The van der Waals surface area contributed by atoms with Crippen molar-refractivity contribution in [3.63, 3.8) is 0 Å². The molecule has 1 aliphatic heterocycles. The highest BCUT2D eigenvalue weighted by Crippen LogP contribution is 2.47. The van der Waals surface area contributed by atoms with Crippen LogP contribution in [0, 0.1) is 0 Å². The molecule has 1 aromatic carbocycles. The van der Waals surface area contributed by atoms with Gasteiger partial charge in [-0.3, -0.25) is 0 Å². The smallest absolute Gasteiger partial charge is 0.416 e. The van der Waals surface area contributed by atoms with E-state index in [-0.39, 0.29) is 34.6 Å². The van der Waals surface area contributed by atoms with Gasteiger partial charge in [0.2, 0.25) is 5.88 Å². The fraction of sp³-hybridized carbons (Fsp3) is 0.375. The molecule has 1 aromatic heterocycles. The van der Waals surface area contributed by atoms with Gasteiger partial charge in [-0.25, -0.2) is 0 Å². The van der Waals surface area contributed by atoms with Crippen LogP contribution >= 0.6 is 0 Å². The molecule has 1 atom stereocenters. The summed E-state index contributed by atoms with van der Waals surface area (Å²) in [6.07, 6.45) is -3.28. The number of alkyl halides is 3. The molecule has 0 amide bonds. The topological polar surface area (TPSA) is 54.6 Å². The summed E-state index contributed by atoms with van der Waals surface area (Å²) < 4.78 is 49.8. The Hall–Kier alpha value is -2.15. The SMILES string of the molecule is CNc1oc(C2CCCO2)c(O)c1-c1cccc(C(F)(F)F)c1. The fourth-order valence-corrected chi connectivity index (χ4v) is 2.74. The Bertz CT molecular complexity index is 703. The van der Waals surface area contributed by atoms with E-state index in [1.54, 1.807) is 7.05 Å². The number of rotatable bonds is 3. The van der Waals surface area contributed by atoms with Crippen LogP contribution < -0.4 is 5.32 Å². The van der Waals surface area contributed by atoms with Gasteiger partial charge in [0, 0.05) is 13.7 Å². The number of nitrogens with one attached hydrogen (secondary N) is 1. The van der Waals surface area contributed by atoms with Crippen molar-refractivity contribution >= 4 is 5.88 Å². The average molecular weight is 327 g/mol. The molecule has 124 valence electrons. The normalized spacial score (nSPS) is 18.3. The van der Waals surface area contributed by atoms with Crippen LogP contribution in [-0.2, 0) is 10.9 Å². The number of aromatic hydroxyl groups is 1. The van der Waals surface area contributed by atoms with E-state index in [9.17, 15) is 18.3 Å². The molecule has 0 aliphatic carbocycles. The molecule has 7 heteroatoms. The lowest BCUT2D eigenvalue weighted by molar-refractivity contribution is -0.137. The highest BCUT2D eigenvalue weighted by atomic mass is 19.4. The highest BCUT2D eigenvalue weighted by molar-refractivity contribution is 5.81. The van der Waals surface area contributed by atoms with E-state index < -0.39 is 11.7 Å². The standard InChI is InChI=1S/C16H16F3NO3/c1-20-15-12(9-4-2-5-10(8-9)16(17,18)19)13(21)14(23-15)11-6-3-7-22-11/h2,4-5,8,11,20-21H,3,6-7H2,1H3. The Kier molecular flexibility index (Phi) is 3.97. The first-order valence-corrected chi connectivity index (χ1v) is 7.24. The molecule has 0 radical (unpaired) electrons. The monoisotopic (exact) mass is 327 g/mol. The van der Waals surface area contributed by atoms with Crippen molar-refractivity contribution < 1.29 is 27.4 Å². The highest BCUT2D eigenvalue weighted by Gasteiger charge is 2.33. The molecule has 2 aromatic rings. The summed E-state index contributed by atoms with van der Waals surface area (Å²) in [7, 11) is 1.58. The molecular weight excluding hydrogens is 311 g/mol. The van der Waals surface area contributed by atoms with Crippen molar-refractivity contribution in [2.24, 2.45) is 0 Å². The van der Waals surface area contributed by atoms with E-state index in [1.807, 2.05) is 0 Å². The van der Waals surface area contributed by atoms with Gasteiger partial charge in [-0.15, -0.1) is 0 Å². The van der Waals surface area contributed by atoms with Crippen molar-refractivity contribution in [2.75, 3.05) is 19.0 Å². The third kappa shape index (κ3) is 2.88. The van der Waals surface area contributed by atoms with Gasteiger partial charge in [-0.2, -0.15) is 13.2 Å². The third-order valence-corrected chi connectivity index (χ3v) is 3.84. The molecule has 4 nitrogen and oxygen atoms in total. The molecule has 1 fully saturated rings. The zero-order chi connectivity index (χ0) is 16.6. The van der Waals surface area contributed by atoms with Crippen LogP contribution in [0.2, 0.25) is 0 Å². The molecule has 2 N–H and O–H groups in total. The van der Waals surface area contributed by atoms with E-state index in [2.05, 4.69) is 5.32 Å². The Morgan fingerprint density at radius 3 is 2.70 bits per heavy atom. The largest absolute Gasteiger partial charge is 0.504 e. The fourth-order valence-electron chi connectivity index (χ4n) is 2.74. The van der Waals surface area contributed by atoms with Gasteiger partial charge in [0.05, 0.1) is 11.1 Å². The van der Waals surface area contributed by atoms with Crippen molar-refractivity contribution in [1.29, 1.82) is 0 Å². The van der Waals surface area contributed by atoms with Crippen molar-refractivity contribution in [3.8, 4) is 16.9 Å². The minimum Gasteiger partial charge on any atom is -0.504 e. The predicted octanol–water partition coefficient (Wildman–Crippen LogP) is 4.56. The number of hydrogen-bond acceptors (Lipinski definition) is 4. The zero-order valence-electron chi connectivity index (χ0n) is 12.4. The van der Waals surface area contributed by atoms with Crippen LogP contribution in [0.4, 0.5) is 19.1 Å². The zero-order valence-corrected chi connectivity index (χ0v) is 12.4. The first kappa shape index (κ1) is 15.7. The summed E-state index contributed by atoms with van der Waals surface area (Å²) in [6.45, 7) is 0.568. The van der Waals surface area contributed by atoms with Gasteiger partial charge < -0.3 is 19.6 Å². The molecule has 1 saturated heterocycles. The lowest BCUT2D eigenvalue weighted by atomic mass is 10.0. The molecule has 1 unspecified atom stereocenters. The van der Waals surface area contributed by atoms with E-state index in [4.69, 9.17) is 9.15 Å². The maximum atomic E-state index is 12.9.